The molecule has 0 aliphatic rings. The molecule has 0 radical (unpaired) electrons. The topological polar surface area (TPSA) is 58.6 Å². The summed E-state index contributed by atoms with van der Waals surface area (Å²) in [5.74, 6) is 0.263. The molecule has 0 aliphatic carbocycles. The molecule has 0 spiro atoms. The number of hydrogen-bond acceptors (Lipinski definition) is 3. The lowest BCUT2D eigenvalue weighted by Gasteiger charge is -2.32. The van der Waals surface area contributed by atoms with Crippen molar-refractivity contribution >= 4 is 11.8 Å². The van der Waals surface area contributed by atoms with E-state index >= 15 is 0 Å². The second-order valence-electron chi connectivity index (χ2n) is 9.57. The van der Waals surface area contributed by atoms with Crippen LogP contribution in [0.4, 0.5) is 0 Å². The van der Waals surface area contributed by atoms with E-state index in [1.54, 1.807) is 4.90 Å². The molecule has 0 bridgehead atoms. The lowest BCUT2D eigenvalue weighted by atomic mass is 10.0. The molecule has 5 nitrogen and oxygen atoms in total. The van der Waals surface area contributed by atoms with Crippen molar-refractivity contribution in [2.45, 2.75) is 66.1 Å². The first-order valence-electron chi connectivity index (χ1n) is 12.7. The number of rotatable bonds is 11. The molecule has 2 amide bonds. The minimum absolute atomic E-state index is 0.0129. The maximum absolute atomic E-state index is 13.7. The van der Waals surface area contributed by atoms with Gasteiger partial charge in [0.2, 0.25) is 5.91 Å². The van der Waals surface area contributed by atoms with Crippen molar-refractivity contribution in [3.63, 3.8) is 0 Å². The van der Waals surface area contributed by atoms with E-state index in [0.717, 1.165) is 28.7 Å². The Kier molecular flexibility index (Phi) is 9.69. The third-order valence-electron chi connectivity index (χ3n) is 6.59. The zero-order valence-electron chi connectivity index (χ0n) is 22.1. The van der Waals surface area contributed by atoms with Crippen molar-refractivity contribution < 1.29 is 14.3 Å². The number of benzene rings is 3. The van der Waals surface area contributed by atoms with Crippen LogP contribution in [0.5, 0.6) is 5.75 Å². The molecule has 3 aromatic rings. The van der Waals surface area contributed by atoms with Crippen LogP contribution < -0.4 is 10.1 Å². The quantitative estimate of drug-likeness (QED) is 0.387. The zero-order chi connectivity index (χ0) is 26.1. The van der Waals surface area contributed by atoms with Crippen LogP contribution in [0.1, 0.15) is 48.1 Å². The van der Waals surface area contributed by atoms with Crippen molar-refractivity contribution in [3.05, 3.63) is 101 Å². The third kappa shape index (κ3) is 7.70. The number of nitrogens with one attached hydrogen (secondary N) is 1. The van der Waals surface area contributed by atoms with Crippen LogP contribution in [-0.4, -0.2) is 35.4 Å². The Morgan fingerprint density at radius 1 is 0.889 bits per heavy atom. The SMILES string of the molecule is CC[C@H](C)NC(=O)[C@@H](Cc1ccccc1)N(Cc1ccc(C)cc1)C(=O)COc1ccc(C)c(C)c1. The van der Waals surface area contributed by atoms with Crippen molar-refractivity contribution in [3.8, 4) is 5.75 Å². The Morgan fingerprint density at radius 2 is 1.58 bits per heavy atom. The van der Waals surface area contributed by atoms with Gasteiger partial charge < -0.3 is 15.0 Å². The van der Waals surface area contributed by atoms with E-state index in [2.05, 4.69) is 5.32 Å². The predicted octanol–water partition coefficient (Wildman–Crippen LogP) is 5.55. The molecule has 0 heterocycles. The van der Waals surface area contributed by atoms with E-state index in [9.17, 15) is 9.59 Å². The summed E-state index contributed by atoms with van der Waals surface area (Å²) in [4.78, 5) is 28.8. The number of carbonyl (C=O) groups is 2. The lowest BCUT2D eigenvalue weighted by molar-refractivity contribution is -0.143. The van der Waals surface area contributed by atoms with E-state index < -0.39 is 6.04 Å². The fourth-order valence-corrected chi connectivity index (χ4v) is 3.92. The van der Waals surface area contributed by atoms with Crippen LogP contribution >= 0.6 is 0 Å². The molecular formula is C31H38N2O3. The highest BCUT2D eigenvalue weighted by Crippen LogP contribution is 2.19. The highest BCUT2D eigenvalue weighted by atomic mass is 16.5. The molecule has 3 rings (SSSR count). The molecular weight excluding hydrogens is 448 g/mol. The second kappa shape index (κ2) is 12.9. The highest BCUT2D eigenvalue weighted by molar-refractivity contribution is 5.88. The molecule has 0 saturated carbocycles. The fourth-order valence-electron chi connectivity index (χ4n) is 3.92. The monoisotopic (exact) mass is 486 g/mol. The van der Waals surface area contributed by atoms with Crippen LogP contribution in [0.3, 0.4) is 0 Å². The maximum Gasteiger partial charge on any atom is 0.261 e. The third-order valence-corrected chi connectivity index (χ3v) is 6.59. The summed E-state index contributed by atoms with van der Waals surface area (Å²) < 4.78 is 5.90. The van der Waals surface area contributed by atoms with Gasteiger partial charge >= 0.3 is 0 Å². The molecule has 190 valence electrons. The molecule has 0 aliphatic heterocycles. The number of carbonyl (C=O) groups excluding carboxylic acids is 2. The van der Waals surface area contributed by atoms with Crippen LogP contribution in [0.25, 0.3) is 0 Å². The van der Waals surface area contributed by atoms with Crippen molar-refractivity contribution in [2.75, 3.05) is 6.61 Å². The molecule has 36 heavy (non-hydrogen) atoms. The molecule has 0 fully saturated rings. The van der Waals surface area contributed by atoms with Gasteiger partial charge in [0.1, 0.15) is 11.8 Å². The Balaban J connectivity index is 1.90. The van der Waals surface area contributed by atoms with Gasteiger partial charge in [-0.25, -0.2) is 0 Å². The maximum atomic E-state index is 13.7. The Bertz CT molecular complexity index is 1140. The van der Waals surface area contributed by atoms with E-state index in [1.165, 1.54) is 5.56 Å². The van der Waals surface area contributed by atoms with E-state index in [0.29, 0.717) is 18.7 Å². The van der Waals surface area contributed by atoms with Crippen LogP contribution in [-0.2, 0) is 22.6 Å². The largest absolute Gasteiger partial charge is 0.484 e. The van der Waals surface area contributed by atoms with Gasteiger partial charge in [0, 0.05) is 19.0 Å². The Morgan fingerprint density at radius 3 is 2.22 bits per heavy atom. The van der Waals surface area contributed by atoms with E-state index in [-0.39, 0.29) is 24.5 Å². The number of hydrogen-bond donors (Lipinski definition) is 1. The minimum Gasteiger partial charge on any atom is -0.484 e. The summed E-state index contributed by atoms with van der Waals surface area (Å²) in [6.45, 7) is 10.3. The summed E-state index contributed by atoms with van der Waals surface area (Å²) in [5, 5.41) is 3.09. The van der Waals surface area contributed by atoms with Gasteiger partial charge in [0.05, 0.1) is 0 Å². The summed E-state index contributed by atoms with van der Waals surface area (Å²) in [6, 6.07) is 23.0. The molecule has 5 heteroatoms. The van der Waals surface area contributed by atoms with Crippen LogP contribution in [0.15, 0.2) is 72.8 Å². The minimum atomic E-state index is -0.668. The number of aryl methyl sites for hydroxylation is 3. The lowest BCUT2D eigenvalue weighted by Crippen LogP contribution is -2.53. The summed E-state index contributed by atoms with van der Waals surface area (Å²) in [7, 11) is 0. The number of amides is 2. The Hall–Kier alpha value is -3.60. The Labute approximate surface area is 215 Å². The first-order chi connectivity index (χ1) is 17.3. The van der Waals surface area contributed by atoms with Gasteiger partial charge in [-0.1, -0.05) is 73.2 Å². The molecule has 3 aromatic carbocycles. The molecule has 0 unspecified atom stereocenters. The average molecular weight is 487 g/mol. The van der Waals surface area contributed by atoms with Crippen LogP contribution in [0, 0.1) is 20.8 Å². The smallest absolute Gasteiger partial charge is 0.261 e. The first kappa shape index (κ1) is 27.0. The van der Waals surface area contributed by atoms with Gasteiger partial charge in [-0.2, -0.15) is 0 Å². The van der Waals surface area contributed by atoms with E-state index in [4.69, 9.17) is 4.74 Å². The molecule has 1 N–H and O–H groups in total. The molecule has 2 atom stereocenters. The van der Waals surface area contributed by atoms with Gasteiger partial charge in [0.15, 0.2) is 6.61 Å². The zero-order valence-corrected chi connectivity index (χ0v) is 22.1. The van der Waals surface area contributed by atoms with Crippen molar-refractivity contribution in [1.29, 1.82) is 0 Å². The van der Waals surface area contributed by atoms with Crippen molar-refractivity contribution in [1.82, 2.24) is 10.2 Å². The first-order valence-corrected chi connectivity index (χ1v) is 12.7. The van der Waals surface area contributed by atoms with Crippen LogP contribution in [0.2, 0.25) is 0 Å². The highest BCUT2D eigenvalue weighted by Gasteiger charge is 2.31. The normalized spacial score (nSPS) is 12.5. The fraction of sp³-hybridized carbons (Fsp3) is 0.355. The van der Waals surface area contributed by atoms with Gasteiger partial charge in [-0.3, -0.25) is 9.59 Å². The summed E-state index contributed by atoms with van der Waals surface area (Å²) in [5.41, 5.74) is 5.38. The molecule has 0 aromatic heterocycles. The number of ether oxygens (including phenoxy) is 1. The summed E-state index contributed by atoms with van der Waals surface area (Å²) in [6.07, 6.45) is 1.23. The van der Waals surface area contributed by atoms with Gasteiger partial charge in [-0.15, -0.1) is 0 Å². The average Bonchev–Trinajstić information content (AvgIpc) is 2.88. The second-order valence-corrected chi connectivity index (χ2v) is 9.57. The summed E-state index contributed by atoms with van der Waals surface area (Å²) >= 11 is 0. The standard InChI is InChI=1S/C31H38N2O3/c1-6-25(5)32-31(35)29(19-26-10-8-7-9-11-26)33(20-27-15-12-22(2)13-16-27)30(34)21-36-28-17-14-23(3)24(4)18-28/h7-18,25,29H,6,19-21H2,1-5H3,(H,32,35)/t25-,29+/m0/s1. The van der Waals surface area contributed by atoms with Crippen molar-refractivity contribution in [2.24, 2.45) is 0 Å². The molecule has 0 saturated heterocycles. The van der Waals surface area contributed by atoms with E-state index in [1.807, 2.05) is 107 Å². The van der Waals surface area contributed by atoms with Gasteiger partial charge in [-0.05, 0) is 68.5 Å². The number of nitrogens with zero attached hydrogens (tertiary/aromatic N) is 1. The van der Waals surface area contributed by atoms with Gasteiger partial charge in [0.25, 0.3) is 5.91 Å². The predicted molar refractivity (Wildman–Crippen MR) is 145 cm³/mol.